The Hall–Kier alpha value is -2.14. The largest absolute Gasteiger partial charge is 0.309 e. The minimum absolute atomic E-state index is 0.0758. The number of rotatable bonds is 5. The number of carbonyl (C=O) groups excluding carboxylic acids is 1. The zero-order chi connectivity index (χ0) is 17.4. The Morgan fingerprint density at radius 2 is 2.20 bits per heavy atom. The molecule has 1 fully saturated rings. The van der Waals surface area contributed by atoms with Crippen LogP contribution in [0.1, 0.15) is 30.4 Å². The van der Waals surface area contributed by atoms with E-state index in [-0.39, 0.29) is 17.2 Å². The summed E-state index contributed by atoms with van der Waals surface area (Å²) in [6, 6.07) is 10.5. The van der Waals surface area contributed by atoms with Crippen molar-refractivity contribution in [3.05, 3.63) is 47.7 Å². The molecular formula is C20H26N4O. The van der Waals surface area contributed by atoms with Crippen molar-refractivity contribution in [3.8, 4) is 0 Å². The fourth-order valence-corrected chi connectivity index (χ4v) is 4.24. The van der Waals surface area contributed by atoms with Gasteiger partial charge >= 0.3 is 0 Å². The molecule has 4 rings (SSSR count). The summed E-state index contributed by atoms with van der Waals surface area (Å²) in [6.45, 7) is 1.75. The number of carbonyl (C=O) groups is 1. The van der Waals surface area contributed by atoms with Crippen LogP contribution in [0.3, 0.4) is 0 Å². The van der Waals surface area contributed by atoms with Crippen LogP contribution in [-0.2, 0) is 23.2 Å². The van der Waals surface area contributed by atoms with Crippen LogP contribution in [0, 0.1) is 5.92 Å². The summed E-state index contributed by atoms with van der Waals surface area (Å²) in [5, 5.41) is 7.50. The van der Waals surface area contributed by atoms with Crippen molar-refractivity contribution in [1.82, 2.24) is 14.7 Å². The summed E-state index contributed by atoms with van der Waals surface area (Å²) in [6.07, 6.45) is 6.34. The van der Waals surface area contributed by atoms with E-state index in [1.54, 1.807) is 0 Å². The molecule has 0 bridgehead atoms. The molecule has 132 valence electrons. The molecule has 2 aliphatic carbocycles. The zero-order valence-electron chi connectivity index (χ0n) is 15.0. The first-order valence-electron chi connectivity index (χ1n) is 9.16. The smallest absolute Gasteiger partial charge is 0.229 e. The van der Waals surface area contributed by atoms with E-state index in [4.69, 9.17) is 0 Å². The third-order valence-electron chi connectivity index (χ3n) is 5.68. The van der Waals surface area contributed by atoms with E-state index >= 15 is 0 Å². The maximum atomic E-state index is 12.8. The van der Waals surface area contributed by atoms with Crippen LogP contribution in [0.5, 0.6) is 0 Å². The van der Waals surface area contributed by atoms with Crippen molar-refractivity contribution in [2.75, 3.05) is 26.0 Å². The molecule has 0 saturated heterocycles. The fraction of sp³-hybridized carbons (Fsp3) is 0.500. The normalized spacial score (nSPS) is 24.4. The number of benzene rings is 1. The van der Waals surface area contributed by atoms with E-state index in [2.05, 4.69) is 39.6 Å². The van der Waals surface area contributed by atoms with Gasteiger partial charge in [0.05, 0.1) is 6.54 Å². The Morgan fingerprint density at radius 1 is 1.36 bits per heavy atom. The highest BCUT2D eigenvalue weighted by atomic mass is 16.2. The lowest BCUT2D eigenvalue weighted by molar-refractivity contribution is -0.117. The molecule has 2 aliphatic rings. The molecule has 5 nitrogen and oxygen atoms in total. The van der Waals surface area contributed by atoms with Gasteiger partial charge < -0.3 is 10.2 Å². The van der Waals surface area contributed by atoms with Crippen molar-refractivity contribution in [3.63, 3.8) is 0 Å². The van der Waals surface area contributed by atoms with Crippen molar-refractivity contribution in [1.29, 1.82) is 0 Å². The predicted octanol–water partition coefficient (Wildman–Crippen LogP) is 2.68. The molecule has 0 radical (unpaired) electrons. The highest BCUT2D eigenvalue weighted by Crippen LogP contribution is 2.60. The van der Waals surface area contributed by atoms with Gasteiger partial charge in [0, 0.05) is 30.1 Å². The molecule has 0 unspecified atom stereocenters. The van der Waals surface area contributed by atoms with E-state index in [9.17, 15) is 4.79 Å². The predicted molar refractivity (Wildman–Crippen MR) is 98.6 cm³/mol. The van der Waals surface area contributed by atoms with Gasteiger partial charge in [-0.2, -0.15) is 5.10 Å². The van der Waals surface area contributed by atoms with E-state index in [0.717, 1.165) is 32.4 Å². The number of aromatic nitrogens is 2. The number of likely N-dealkylation sites (N-methyl/N-ethyl adjacent to an activating group) is 1. The average molecular weight is 338 g/mol. The monoisotopic (exact) mass is 338 g/mol. The third-order valence-corrected chi connectivity index (χ3v) is 5.68. The van der Waals surface area contributed by atoms with Crippen LogP contribution in [0.25, 0.3) is 0 Å². The molecule has 1 aromatic carbocycles. The fourth-order valence-electron chi connectivity index (χ4n) is 4.24. The Morgan fingerprint density at radius 3 is 3.04 bits per heavy atom. The standard InChI is InChI=1S/C20H26N4O/c1-23(2)12-13-24-11-9-18(22-24)21-19(25)17-14-20(17)10-5-7-15-6-3-4-8-16(15)20/h3-4,6,8-9,11,17H,5,7,10,12-14H2,1-2H3,(H,21,22,25)/t17-,20-/m0/s1. The number of hydrogen-bond acceptors (Lipinski definition) is 3. The van der Waals surface area contributed by atoms with E-state index in [0.29, 0.717) is 5.82 Å². The van der Waals surface area contributed by atoms with Crippen LogP contribution < -0.4 is 5.32 Å². The molecular weight excluding hydrogens is 312 g/mol. The zero-order valence-corrected chi connectivity index (χ0v) is 15.0. The number of nitrogens with one attached hydrogen (secondary N) is 1. The molecule has 2 atom stereocenters. The lowest BCUT2D eigenvalue weighted by Gasteiger charge is -2.26. The van der Waals surface area contributed by atoms with E-state index < -0.39 is 0 Å². The van der Waals surface area contributed by atoms with Crippen LogP contribution in [0.2, 0.25) is 0 Å². The first kappa shape index (κ1) is 16.3. The topological polar surface area (TPSA) is 50.2 Å². The van der Waals surface area contributed by atoms with Gasteiger partial charge in [-0.15, -0.1) is 0 Å². The molecule has 1 N–H and O–H groups in total. The third kappa shape index (κ3) is 3.09. The van der Waals surface area contributed by atoms with E-state index in [1.165, 1.54) is 17.5 Å². The molecule has 5 heteroatoms. The number of amides is 1. The first-order chi connectivity index (χ1) is 12.1. The second-order valence-electron chi connectivity index (χ2n) is 7.68. The summed E-state index contributed by atoms with van der Waals surface area (Å²) in [5.41, 5.74) is 2.90. The summed E-state index contributed by atoms with van der Waals surface area (Å²) >= 11 is 0. The first-order valence-corrected chi connectivity index (χ1v) is 9.16. The molecule has 2 aromatic rings. The quantitative estimate of drug-likeness (QED) is 0.912. The van der Waals surface area contributed by atoms with Gasteiger partial charge in [-0.05, 0) is 50.9 Å². The van der Waals surface area contributed by atoms with Gasteiger partial charge in [0.15, 0.2) is 5.82 Å². The van der Waals surface area contributed by atoms with Crippen LogP contribution in [-0.4, -0.2) is 41.2 Å². The lowest BCUT2D eigenvalue weighted by atomic mass is 9.78. The van der Waals surface area contributed by atoms with Crippen LogP contribution in [0.4, 0.5) is 5.82 Å². The number of aryl methyl sites for hydroxylation is 1. The van der Waals surface area contributed by atoms with Gasteiger partial charge in [-0.3, -0.25) is 9.48 Å². The van der Waals surface area contributed by atoms with Crippen molar-refractivity contribution < 1.29 is 4.79 Å². The molecule has 1 saturated carbocycles. The molecule has 1 heterocycles. The Kier molecular flexibility index (Phi) is 4.12. The second kappa shape index (κ2) is 6.30. The van der Waals surface area contributed by atoms with Crippen LogP contribution in [0.15, 0.2) is 36.5 Å². The SMILES string of the molecule is CN(C)CCn1ccc(NC(=O)[C@@H]2C[C@]23CCCc2ccccc23)n1. The Balaban J connectivity index is 1.42. The van der Waals surface area contributed by atoms with Gasteiger partial charge in [0.2, 0.25) is 5.91 Å². The lowest BCUT2D eigenvalue weighted by Crippen LogP contribution is -2.25. The second-order valence-corrected chi connectivity index (χ2v) is 7.68. The maximum Gasteiger partial charge on any atom is 0.229 e. The molecule has 1 aromatic heterocycles. The molecule has 25 heavy (non-hydrogen) atoms. The number of fused-ring (bicyclic) bond motifs is 2. The molecule has 1 amide bonds. The molecule has 0 aliphatic heterocycles. The van der Waals surface area contributed by atoms with Gasteiger partial charge in [-0.1, -0.05) is 24.3 Å². The summed E-state index contributed by atoms with van der Waals surface area (Å²) in [5.74, 6) is 0.866. The van der Waals surface area contributed by atoms with Gasteiger partial charge in [0.25, 0.3) is 0 Å². The maximum absolute atomic E-state index is 12.8. The highest BCUT2D eigenvalue weighted by molar-refractivity contribution is 5.95. The van der Waals surface area contributed by atoms with Crippen molar-refractivity contribution in [2.24, 2.45) is 5.92 Å². The minimum Gasteiger partial charge on any atom is -0.309 e. The van der Waals surface area contributed by atoms with E-state index in [1.807, 2.05) is 31.0 Å². The number of nitrogens with zero attached hydrogens (tertiary/aromatic N) is 3. The highest BCUT2D eigenvalue weighted by Gasteiger charge is 2.60. The summed E-state index contributed by atoms with van der Waals surface area (Å²) in [7, 11) is 4.08. The van der Waals surface area contributed by atoms with Gasteiger partial charge in [0.1, 0.15) is 0 Å². The number of anilines is 1. The van der Waals surface area contributed by atoms with Crippen molar-refractivity contribution in [2.45, 2.75) is 37.6 Å². The Bertz CT molecular complexity index is 782. The van der Waals surface area contributed by atoms with Crippen molar-refractivity contribution >= 4 is 11.7 Å². The summed E-state index contributed by atoms with van der Waals surface area (Å²) < 4.78 is 1.88. The van der Waals surface area contributed by atoms with Gasteiger partial charge in [-0.25, -0.2) is 0 Å². The van der Waals surface area contributed by atoms with Crippen LogP contribution >= 0.6 is 0 Å². The number of hydrogen-bond donors (Lipinski definition) is 1. The Labute approximate surface area is 149 Å². The molecule has 1 spiro atoms. The average Bonchev–Trinajstić information content (AvgIpc) is 3.14. The minimum atomic E-state index is 0.0758. The summed E-state index contributed by atoms with van der Waals surface area (Å²) in [4.78, 5) is 14.9.